The van der Waals surface area contributed by atoms with Gasteiger partial charge in [-0.2, -0.15) is 0 Å². The molecule has 0 saturated heterocycles. The standard InChI is InChI=1S/C33H41N3O6/c1-32(2,3)41-30(39)25-16-14-23(22-12-10-9-11-13-22)20-27(25)34-29(38)26-21-24(15-17-28(26)37)35(7)18-19-36(8)31(40)42-33(4,5)6/h9-17,20-21,37H,18-19H2,1-8H3,(H,34,38). The third-order valence-electron chi connectivity index (χ3n) is 6.14. The van der Waals surface area contributed by atoms with E-state index in [9.17, 15) is 19.5 Å². The Morgan fingerprint density at radius 2 is 1.40 bits per heavy atom. The number of benzene rings is 3. The number of phenolic OH excluding ortho intramolecular Hbond substituents is 1. The molecule has 3 aromatic carbocycles. The minimum atomic E-state index is -0.731. The molecule has 2 N–H and O–H groups in total. The second-order valence-corrected chi connectivity index (χ2v) is 12.1. The lowest BCUT2D eigenvalue weighted by atomic mass is 10.0. The molecule has 0 aliphatic carbocycles. The molecule has 0 saturated carbocycles. The van der Waals surface area contributed by atoms with Crippen LogP contribution in [-0.4, -0.2) is 66.4 Å². The Bertz CT molecular complexity index is 1420. The topological polar surface area (TPSA) is 108 Å². The first kappa shape index (κ1) is 32.0. The monoisotopic (exact) mass is 575 g/mol. The predicted octanol–water partition coefficient (Wildman–Crippen LogP) is 6.57. The number of hydrogen-bond donors (Lipinski definition) is 2. The normalized spacial score (nSPS) is 11.4. The number of carbonyl (C=O) groups is 3. The maximum Gasteiger partial charge on any atom is 0.410 e. The van der Waals surface area contributed by atoms with Crippen LogP contribution in [0.15, 0.2) is 66.7 Å². The van der Waals surface area contributed by atoms with Crippen LogP contribution in [0.4, 0.5) is 16.2 Å². The third-order valence-corrected chi connectivity index (χ3v) is 6.14. The van der Waals surface area contributed by atoms with Gasteiger partial charge in [-0.25, -0.2) is 9.59 Å². The highest BCUT2D eigenvalue weighted by Crippen LogP contribution is 2.30. The van der Waals surface area contributed by atoms with E-state index in [1.54, 1.807) is 58.2 Å². The molecule has 3 aromatic rings. The molecule has 0 bridgehead atoms. The number of nitrogens with one attached hydrogen (secondary N) is 1. The number of nitrogens with zero attached hydrogens (tertiary/aromatic N) is 2. The summed E-state index contributed by atoms with van der Waals surface area (Å²) in [7, 11) is 3.48. The number of rotatable bonds is 8. The molecule has 0 unspecified atom stereocenters. The Labute approximate surface area is 248 Å². The molecule has 3 rings (SSSR count). The SMILES string of the molecule is CN(CCN(C)c1ccc(O)c(C(=O)Nc2cc(-c3ccccc3)ccc2C(=O)OC(C)(C)C)c1)C(=O)OC(C)(C)C. The van der Waals surface area contributed by atoms with Crippen molar-refractivity contribution in [1.29, 1.82) is 0 Å². The van der Waals surface area contributed by atoms with Crippen molar-refractivity contribution in [3.05, 3.63) is 77.9 Å². The molecule has 42 heavy (non-hydrogen) atoms. The van der Waals surface area contributed by atoms with Crippen molar-refractivity contribution in [3.8, 4) is 16.9 Å². The number of phenols is 1. The Balaban J connectivity index is 1.85. The van der Waals surface area contributed by atoms with E-state index in [0.29, 0.717) is 18.8 Å². The van der Waals surface area contributed by atoms with E-state index in [1.807, 2.05) is 63.1 Å². The Hall–Kier alpha value is -4.53. The van der Waals surface area contributed by atoms with Gasteiger partial charge >= 0.3 is 12.1 Å². The number of aromatic hydroxyl groups is 1. The third kappa shape index (κ3) is 8.99. The van der Waals surface area contributed by atoms with E-state index < -0.39 is 29.2 Å². The van der Waals surface area contributed by atoms with Gasteiger partial charge < -0.3 is 29.7 Å². The van der Waals surface area contributed by atoms with Crippen LogP contribution < -0.4 is 10.2 Å². The summed E-state index contributed by atoms with van der Waals surface area (Å²) in [6.45, 7) is 11.6. The zero-order valence-corrected chi connectivity index (χ0v) is 25.6. The number of ether oxygens (including phenoxy) is 2. The van der Waals surface area contributed by atoms with Gasteiger partial charge in [0, 0.05) is 32.9 Å². The van der Waals surface area contributed by atoms with Crippen molar-refractivity contribution in [3.63, 3.8) is 0 Å². The van der Waals surface area contributed by atoms with Gasteiger partial charge in [0.15, 0.2) is 0 Å². The molecule has 0 fully saturated rings. The molecule has 224 valence electrons. The van der Waals surface area contributed by atoms with Crippen LogP contribution in [0.1, 0.15) is 62.3 Å². The first-order chi connectivity index (χ1) is 19.5. The van der Waals surface area contributed by atoms with Gasteiger partial charge in [-0.05, 0) is 83.0 Å². The first-order valence-corrected chi connectivity index (χ1v) is 13.8. The van der Waals surface area contributed by atoms with Crippen molar-refractivity contribution in [1.82, 2.24) is 4.90 Å². The molecule has 9 heteroatoms. The summed E-state index contributed by atoms with van der Waals surface area (Å²) < 4.78 is 11.0. The molecule has 0 atom stereocenters. The average molecular weight is 576 g/mol. The first-order valence-electron chi connectivity index (χ1n) is 13.8. The number of esters is 1. The number of anilines is 2. The summed E-state index contributed by atoms with van der Waals surface area (Å²) >= 11 is 0. The van der Waals surface area contributed by atoms with Crippen LogP contribution >= 0.6 is 0 Å². The van der Waals surface area contributed by atoms with Crippen molar-refractivity contribution in [2.75, 3.05) is 37.4 Å². The second kappa shape index (κ2) is 13.0. The van der Waals surface area contributed by atoms with Crippen LogP contribution in [0.5, 0.6) is 5.75 Å². The second-order valence-electron chi connectivity index (χ2n) is 12.1. The van der Waals surface area contributed by atoms with E-state index in [-0.39, 0.29) is 22.6 Å². The minimum absolute atomic E-state index is 0.0279. The highest BCUT2D eigenvalue weighted by molar-refractivity contribution is 6.10. The van der Waals surface area contributed by atoms with Gasteiger partial charge in [-0.3, -0.25) is 4.79 Å². The number of carbonyl (C=O) groups excluding carboxylic acids is 3. The minimum Gasteiger partial charge on any atom is -0.507 e. The van der Waals surface area contributed by atoms with Crippen LogP contribution in [0.2, 0.25) is 0 Å². The lowest BCUT2D eigenvalue weighted by Crippen LogP contribution is -2.38. The van der Waals surface area contributed by atoms with Crippen LogP contribution in [0.3, 0.4) is 0 Å². The summed E-state index contributed by atoms with van der Waals surface area (Å²) in [6, 6.07) is 19.4. The van der Waals surface area contributed by atoms with Gasteiger partial charge in [-0.15, -0.1) is 0 Å². The zero-order valence-electron chi connectivity index (χ0n) is 25.6. The molecule has 0 aliphatic heterocycles. The van der Waals surface area contributed by atoms with Crippen LogP contribution in [-0.2, 0) is 9.47 Å². The van der Waals surface area contributed by atoms with Crippen molar-refractivity contribution in [2.45, 2.75) is 52.7 Å². The molecular weight excluding hydrogens is 534 g/mol. The number of hydrogen-bond acceptors (Lipinski definition) is 7. The fourth-order valence-corrected chi connectivity index (χ4v) is 3.96. The molecule has 0 aliphatic rings. The smallest absolute Gasteiger partial charge is 0.410 e. The quantitative estimate of drug-likeness (QED) is 0.293. The Morgan fingerprint density at radius 3 is 2.02 bits per heavy atom. The van der Waals surface area contributed by atoms with Crippen molar-refractivity contribution < 1.29 is 29.0 Å². The maximum atomic E-state index is 13.5. The van der Waals surface area contributed by atoms with E-state index in [0.717, 1.165) is 11.1 Å². The molecule has 0 heterocycles. The van der Waals surface area contributed by atoms with E-state index in [1.165, 1.54) is 11.0 Å². The number of amides is 2. The highest BCUT2D eigenvalue weighted by Gasteiger charge is 2.24. The Kier molecular flexibility index (Phi) is 9.88. The summed E-state index contributed by atoms with van der Waals surface area (Å²) in [5, 5.41) is 13.4. The lowest BCUT2D eigenvalue weighted by Gasteiger charge is -2.27. The summed E-state index contributed by atoms with van der Waals surface area (Å²) in [5.74, 6) is -1.39. The maximum absolute atomic E-state index is 13.5. The van der Waals surface area contributed by atoms with Crippen molar-refractivity contribution in [2.24, 2.45) is 0 Å². The molecule has 0 radical (unpaired) electrons. The van der Waals surface area contributed by atoms with Gasteiger partial charge in [0.25, 0.3) is 5.91 Å². The summed E-state index contributed by atoms with van der Waals surface area (Å²) in [4.78, 5) is 42.2. The average Bonchev–Trinajstić information content (AvgIpc) is 2.90. The van der Waals surface area contributed by atoms with Gasteiger partial charge in [0.05, 0.1) is 16.8 Å². The van der Waals surface area contributed by atoms with E-state index in [4.69, 9.17) is 9.47 Å². The fraction of sp³-hybridized carbons (Fsp3) is 0.364. The lowest BCUT2D eigenvalue weighted by molar-refractivity contribution is 0.00702. The molecular formula is C33H41N3O6. The van der Waals surface area contributed by atoms with E-state index in [2.05, 4.69) is 5.32 Å². The zero-order chi connectivity index (χ0) is 31.2. The summed E-state index contributed by atoms with van der Waals surface area (Å²) in [5.41, 5.74) is 1.51. The van der Waals surface area contributed by atoms with Gasteiger partial charge in [0.2, 0.25) is 0 Å². The van der Waals surface area contributed by atoms with Gasteiger partial charge in [0.1, 0.15) is 17.0 Å². The van der Waals surface area contributed by atoms with Gasteiger partial charge in [-0.1, -0.05) is 36.4 Å². The predicted molar refractivity (Wildman–Crippen MR) is 165 cm³/mol. The van der Waals surface area contributed by atoms with Crippen molar-refractivity contribution >= 4 is 29.3 Å². The fourth-order valence-electron chi connectivity index (χ4n) is 3.96. The van der Waals surface area contributed by atoms with E-state index >= 15 is 0 Å². The number of likely N-dealkylation sites (N-methyl/N-ethyl adjacent to an activating group) is 2. The molecule has 9 nitrogen and oxygen atoms in total. The molecule has 0 aromatic heterocycles. The largest absolute Gasteiger partial charge is 0.507 e. The van der Waals surface area contributed by atoms with Crippen LogP contribution in [0, 0.1) is 0 Å². The Morgan fingerprint density at radius 1 is 0.762 bits per heavy atom. The molecule has 0 spiro atoms. The van der Waals surface area contributed by atoms with Crippen LogP contribution in [0.25, 0.3) is 11.1 Å². The highest BCUT2D eigenvalue weighted by atomic mass is 16.6. The summed E-state index contributed by atoms with van der Waals surface area (Å²) in [6.07, 6.45) is -0.430. The molecule has 2 amide bonds.